The average molecular weight is 226 g/mol. The average Bonchev–Trinajstić information content (AvgIpc) is 2.27. The number of carbonyl (C=O) groups is 1. The molecular formula is C16H18O. The van der Waals surface area contributed by atoms with Gasteiger partial charge in [0, 0.05) is 5.41 Å². The predicted molar refractivity (Wildman–Crippen MR) is 70.8 cm³/mol. The lowest BCUT2D eigenvalue weighted by Crippen LogP contribution is -2.22. The van der Waals surface area contributed by atoms with Gasteiger partial charge in [0.2, 0.25) is 0 Å². The van der Waals surface area contributed by atoms with Crippen molar-refractivity contribution in [2.75, 3.05) is 0 Å². The first-order valence-electron chi connectivity index (χ1n) is 5.98. The predicted octanol–water partition coefficient (Wildman–Crippen LogP) is 3.71. The van der Waals surface area contributed by atoms with Crippen LogP contribution in [0.2, 0.25) is 0 Å². The second-order valence-corrected chi connectivity index (χ2v) is 5.15. The van der Waals surface area contributed by atoms with Crippen LogP contribution < -0.4 is 0 Å². The van der Waals surface area contributed by atoms with E-state index < -0.39 is 0 Å². The molecule has 0 amide bonds. The van der Waals surface area contributed by atoms with E-state index in [1.165, 1.54) is 5.56 Å². The van der Waals surface area contributed by atoms with E-state index in [1.807, 2.05) is 19.9 Å². The number of carbonyl (C=O) groups excluding carboxylic acids is 1. The van der Waals surface area contributed by atoms with Crippen LogP contribution in [0.1, 0.15) is 26.3 Å². The SMILES string of the molecule is CC1=CC(C)(Cc2ccccc2)C=C(C)C1=O. The summed E-state index contributed by atoms with van der Waals surface area (Å²) in [6.07, 6.45) is 5.13. The Hall–Kier alpha value is -1.63. The molecule has 1 aliphatic carbocycles. The second kappa shape index (κ2) is 4.33. The van der Waals surface area contributed by atoms with Gasteiger partial charge in [0.05, 0.1) is 0 Å². The molecule has 2 rings (SSSR count). The zero-order valence-corrected chi connectivity index (χ0v) is 10.7. The van der Waals surface area contributed by atoms with Gasteiger partial charge in [0.1, 0.15) is 0 Å². The van der Waals surface area contributed by atoms with E-state index in [1.54, 1.807) is 0 Å². The van der Waals surface area contributed by atoms with Gasteiger partial charge in [-0.3, -0.25) is 4.79 Å². The standard InChI is InChI=1S/C16H18O/c1-12-9-16(3,10-13(2)15(12)17)11-14-7-5-4-6-8-14/h4-10H,11H2,1-3H3. The molecule has 0 saturated carbocycles. The lowest BCUT2D eigenvalue weighted by molar-refractivity contribution is -0.112. The third kappa shape index (κ3) is 2.55. The van der Waals surface area contributed by atoms with Crippen molar-refractivity contribution in [2.45, 2.75) is 27.2 Å². The van der Waals surface area contributed by atoms with Crippen LogP contribution in [-0.2, 0) is 11.2 Å². The molecule has 0 atom stereocenters. The lowest BCUT2D eigenvalue weighted by atomic mass is 9.76. The molecule has 1 aliphatic rings. The molecule has 0 spiro atoms. The van der Waals surface area contributed by atoms with E-state index >= 15 is 0 Å². The Labute approximate surface area is 103 Å². The number of hydrogen-bond acceptors (Lipinski definition) is 1. The summed E-state index contributed by atoms with van der Waals surface area (Å²) in [7, 11) is 0. The van der Waals surface area contributed by atoms with Crippen LogP contribution in [0.15, 0.2) is 53.6 Å². The van der Waals surface area contributed by atoms with Crippen LogP contribution in [0.25, 0.3) is 0 Å². The largest absolute Gasteiger partial charge is 0.289 e. The van der Waals surface area contributed by atoms with Crippen LogP contribution in [0.5, 0.6) is 0 Å². The number of benzene rings is 1. The fourth-order valence-corrected chi connectivity index (χ4v) is 2.61. The van der Waals surface area contributed by atoms with Crippen molar-refractivity contribution in [1.82, 2.24) is 0 Å². The van der Waals surface area contributed by atoms with Crippen molar-refractivity contribution in [2.24, 2.45) is 5.41 Å². The Bertz CT molecular complexity index is 470. The van der Waals surface area contributed by atoms with Crippen molar-refractivity contribution < 1.29 is 4.79 Å². The minimum absolute atomic E-state index is 0.0383. The van der Waals surface area contributed by atoms with E-state index in [-0.39, 0.29) is 11.2 Å². The van der Waals surface area contributed by atoms with E-state index in [9.17, 15) is 4.79 Å². The molecule has 1 heteroatoms. The fourth-order valence-electron chi connectivity index (χ4n) is 2.61. The number of allylic oxidation sites excluding steroid dienone is 4. The summed E-state index contributed by atoms with van der Waals surface area (Å²) in [6, 6.07) is 10.4. The molecule has 0 heterocycles. The van der Waals surface area contributed by atoms with Gasteiger partial charge in [-0.15, -0.1) is 0 Å². The smallest absolute Gasteiger partial charge is 0.183 e. The number of Topliss-reactive ketones (excluding diaryl/α,β-unsaturated/α-hetero) is 1. The van der Waals surface area contributed by atoms with Crippen LogP contribution in [-0.4, -0.2) is 5.78 Å². The maximum absolute atomic E-state index is 11.7. The summed E-state index contributed by atoms with van der Waals surface area (Å²) < 4.78 is 0. The molecule has 1 aromatic rings. The van der Waals surface area contributed by atoms with Crippen molar-refractivity contribution in [1.29, 1.82) is 0 Å². The maximum atomic E-state index is 11.7. The lowest BCUT2D eigenvalue weighted by Gasteiger charge is -2.27. The Morgan fingerprint density at radius 3 is 2.06 bits per heavy atom. The third-order valence-corrected chi connectivity index (χ3v) is 3.24. The molecule has 0 aromatic heterocycles. The molecule has 17 heavy (non-hydrogen) atoms. The van der Waals surface area contributed by atoms with Crippen LogP contribution in [0.4, 0.5) is 0 Å². The highest BCUT2D eigenvalue weighted by molar-refractivity contribution is 6.08. The zero-order valence-electron chi connectivity index (χ0n) is 10.7. The first kappa shape index (κ1) is 11.8. The maximum Gasteiger partial charge on any atom is 0.183 e. The Balaban J connectivity index is 2.29. The molecular weight excluding hydrogens is 208 g/mol. The van der Waals surface area contributed by atoms with Crippen molar-refractivity contribution in [3.05, 3.63) is 59.2 Å². The summed E-state index contributed by atoms with van der Waals surface area (Å²) in [4.78, 5) is 11.7. The van der Waals surface area contributed by atoms with Gasteiger partial charge in [0.15, 0.2) is 5.78 Å². The van der Waals surface area contributed by atoms with Crippen molar-refractivity contribution in [3.8, 4) is 0 Å². The molecule has 0 aliphatic heterocycles. The minimum Gasteiger partial charge on any atom is -0.289 e. The molecule has 1 aromatic carbocycles. The molecule has 1 nitrogen and oxygen atoms in total. The van der Waals surface area contributed by atoms with Gasteiger partial charge in [-0.05, 0) is 37.0 Å². The molecule has 0 fully saturated rings. The zero-order chi connectivity index (χ0) is 12.5. The highest BCUT2D eigenvalue weighted by Gasteiger charge is 2.26. The normalized spacial score (nSPS) is 18.6. The number of rotatable bonds is 2. The summed E-state index contributed by atoms with van der Waals surface area (Å²) in [6.45, 7) is 5.99. The Morgan fingerprint density at radius 2 is 1.53 bits per heavy atom. The van der Waals surface area contributed by atoms with Crippen LogP contribution in [0, 0.1) is 5.41 Å². The second-order valence-electron chi connectivity index (χ2n) is 5.15. The Kier molecular flexibility index (Phi) is 3.01. The van der Waals surface area contributed by atoms with Gasteiger partial charge < -0.3 is 0 Å². The van der Waals surface area contributed by atoms with E-state index in [2.05, 4.69) is 43.3 Å². The third-order valence-electron chi connectivity index (χ3n) is 3.24. The number of hydrogen-bond donors (Lipinski definition) is 0. The van der Waals surface area contributed by atoms with Gasteiger partial charge in [-0.25, -0.2) is 0 Å². The summed E-state index contributed by atoms with van der Waals surface area (Å²) in [5.41, 5.74) is 2.99. The van der Waals surface area contributed by atoms with Crippen molar-refractivity contribution in [3.63, 3.8) is 0 Å². The molecule has 0 N–H and O–H groups in total. The molecule has 0 unspecified atom stereocenters. The minimum atomic E-state index is -0.0383. The van der Waals surface area contributed by atoms with E-state index in [4.69, 9.17) is 0 Å². The quantitative estimate of drug-likeness (QED) is 0.751. The monoisotopic (exact) mass is 226 g/mol. The number of ketones is 1. The Morgan fingerprint density at radius 1 is 1.00 bits per heavy atom. The van der Waals surface area contributed by atoms with Gasteiger partial charge in [-0.1, -0.05) is 49.4 Å². The van der Waals surface area contributed by atoms with Gasteiger partial charge in [0.25, 0.3) is 0 Å². The van der Waals surface area contributed by atoms with Crippen LogP contribution in [0.3, 0.4) is 0 Å². The topological polar surface area (TPSA) is 17.1 Å². The highest BCUT2D eigenvalue weighted by Crippen LogP contribution is 2.33. The molecule has 0 saturated heterocycles. The summed E-state index contributed by atoms with van der Waals surface area (Å²) in [5.74, 6) is 0.176. The van der Waals surface area contributed by atoms with Gasteiger partial charge >= 0.3 is 0 Å². The van der Waals surface area contributed by atoms with Gasteiger partial charge in [-0.2, -0.15) is 0 Å². The first-order valence-corrected chi connectivity index (χ1v) is 5.98. The summed E-state index contributed by atoms with van der Waals surface area (Å²) >= 11 is 0. The molecule has 0 radical (unpaired) electrons. The van der Waals surface area contributed by atoms with E-state index in [0.717, 1.165) is 17.6 Å². The first-order chi connectivity index (χ1) is 8.00. The molecule has 88 valence electrons. The van der Waals surface area contributed by atoms with E-state index in [0.29, 0.717) is 0 Å². The summed E-state index contributed by atoms with van der Waals surface area (Å²) in [5, 5.41) is 0. The fraction of sp³-hybridized carbons (Fsp3) is 0.312. The highest BCUT2D eigenvalue weighted by atomic mass is 16.1. The van der Waals surface area contributed by atoms with Crippen LogP contribution >= 0.6 is 0 Å². The molecule has 0 bridgehead atoms. The van der Waals surface area contributed by atoms with Crippen molar-refractivity contribution >= 4 is 5.78 Å².